The number of hydrogen-bond donors (Lipinski definition) is 0. The third kappa shape index (κ3) is 2.02. The molecule has 3 heteroatoms. The number of rotatable bonds is 2. The molecule has 1 aromatic heterocycles. The van der Waals surface area contributed by atoms with Gasteiger partial charge in [-0.2, -0.15) is 5.10 Å². The summed E-state index contributed by atoms with van der Waals surface area (Å²) in [4.78, 5) is 0. The fourth-order valence-electron chi connectivity index (χ4n) is 1.85. The standard InChI is InChI=1S/C15H11FN2/c16-13-6-4-5-12(11-13)15-9-10-18(17-15)14-7-2-1-3-8-14/h1-11H. The van der Waals surface area contributed by atoms with E-state index >= 15 is 0 Å². The second-order valence-electron chi connectivity index (χ2n) is 3.99. The molecule has 0 atom stereocenters. The SMILES string of the molecule is Fc1cccc(-c2ccn(-c3ccccc3)n2)c1. The molecule has 3 aromatic rings. The fraction of sp³-hybridized carbons (Fsp3) is 0. The predicted molar refractivity (Wildman–Crippen MR) is 69.0 cm³/mol. The normalized spacial score (nSPS) is 10.5. The Hall–Kier alpha value is -2.42. The topological polar surface area (TPSA) is 17.8 Å². The van der Waals surface area contributed by atoms with Crippen LogP contribution in [0.5, 0.6) is 0 Å². The van der Waals surface area contributed by atoms with E-state index in [1.807, 2.05) is 48.7 Å². The van der Waals surface area contributed by atoms with E-state index < -0.39 is 0 Å². The van der Waals surface area contributed by atoms with Gasteiger partial charge >= 0.3 is 0 Å². The van der Waals surface area contributed by atoms with E-state index in [0.29, 0.717) is 0 Å². The molecule has 0 unspecified atom stereocenters. The Morgan fingerprint density at radius 2 is 1.72 bits per heavy atom. The molecular formula is C15H11FN2. The van der Waals surface area contributed by atoms with Crippen LogP contribution in [0.3, 0.4) is 0 Å². The first-order valence-corrected chi connectivity index (χ1v) is 5.70. The maximum absolute atomic E-state index is 13.1. The molecule has 0 saturated heterocycles. The van der Waals surface area contributed by atoms with Crippen LogP contribution in [0.15, 0.2) is 66.9 Å². The molecule has 0 amide bonds. The quantitative estimate of drug-likeness (QED) is 0.666. The largest absolute Gasteiger partial charge is 0.240 e. The minimum absolute atomic E-state index is 0.248. The molecular weight excluding hydrogens is 227 g/mol. The van der Waals surface area contributed by atoms with E-state index in [0.717, 1.165) is 16.9 Å². The van der Waals surface area contributed by atoms with Crippen molar-refractivity contribution in [1.82, 2.24) is 9.78 Å². The van der Waals surface area contributed by atoms with Gasteiger partial charge in [-0.25, -0.2) is 9.07 Å². The Kier molecular flexibility index (Phi) is 2.65. The highest BCUT2D eigenvalue weighted by Crippen LogP contribution is 2.19. The zero-order chi connectivity index (χ0) is 12.4. The Morgan fingerprint density at radius 3 is 2.50 bits per heavy atom. The number of halogens is 1. The van der Waals surface area contributed by atoms with E-state index in [9.17, 15) is 4.39 Å². The average Bonchev–Trinajstić information content (AvgIpc) is 2.89. The maximum Gasteiger partial charge on any atom is 0.123 e. The van der Waals surface area contributed by atoms with Crippen LogP contribution in [0, 0.1) is 5.82 Å². The van der Waals surface area contributed by atoms with Gasteiger partial charge in [0.15, 0.2) is 0 Å². The van der Waals surface area contributed by atoms with Gasteiger partial charge in [-0.3, -0.25) is 0 Å². The van der Waals surface area contributed by atoms with Crippen LogP contribution in [0.4, 0.5) is 4.39 Å². The summed E-state index contributed by atoms with van der Waals surface area (Å²) >= 11 is 0. The Bertz CT molecular complexity index is 659. The summed E-state index contributed by atoms with van der Waals surface area (Å²) in [6, 6.07) is 18.1. The molecule has 18 heavy (non-hydrogen) atoms. The number of para-hydroxylation sites is 1. The van der Waals surface area contributed by atoms with Crippen molar-refractivity contribution in [2.45, 2.75) is 0 Å². The summed E-state index contributed by atoms with van der Waals surface area (Å²) in [6.45, 7) is 0. The highest BCUT2D eigenvalue weighted by Gasteiger charge is 2.04. The van der Waals surface area contributed by atoms with E-state index in [4.69, 9.17) is 0 Å². The zero-order valence-corrected chi connectivity index (χ0v) is 9.62. The smallest absolute Gasteiger partial charge is 0.123 e. The van der Waals surface area contributed by atoms with Crippen molar-refractivity contribution in [2.75, 3.05) is 0 Å². The van der Waals surface area contributed by atoms with Gasteiger partial charge in [0.25, 0.3) is 0 Å². The van der Waals surface area contributed by atoms with Crippen molar-refractivity contribution in [3.05, 3.63) is 72.7 Å². The van der Waals surface area contributed by atoms with E-state index in [1.165, 1.54) is 12.1 Å². The Morgan fingerprint density at radius 1 is 0.889 bits per heavy atom. The number of aromatic nitrogens is 2. The monoisotopic (exact) mass is 238 g/mol. The minimum Gasteiger partial charge on any atom is -0.240 e. The van der Waals surface area contributed by atoms with E-state index in [-0.39, 0.29) is 5.82 Å². The lowest BCUT2D eigenvalue weighted by molar-refractivity contribution is 0.628. The first kappa shape index (κ1) is 10.7. The van der Waals surface area contributed by atoms with Gasteiger partial charge in [-0.1, -0.05) is 30.3 Å². The van der Waals surface area contributed by atoms with Gasteiger partial charge in [0.1, 0.15) is 5.82 Å². The van der Waals surface area contributed by atoms with Crippen molar-refractivity contribution in [3.8, 4) is 16.9 Å². The Balaban J connectivity index is 2.00. The van der Waals surface area contributed by atoms with Crippen LogP contribution in [0.2, 0.25) is 0 Å². The number of hydrogen-bond acceptors (Lipinski definition) is 1. The minimum atomic E-state index is -0.248. The van der Waals surface area contributed by atoms with Crippen LogP contribution in [-0.2, 0) is 0 Å². The molecule has 2 aromatic carbocycles. The van der Waals surface area contributed by atoms with E-state index in [1.54, 1.807) is 10.7 Å². The molecule has 0 bridgehead atoms. The second-order valence-corrected chi connectivity index (χ2v) is 3.99. The van der Waals surface area contributed by atoms with Crippen molar-refractivity contribution < 1.29 is 4.39 Å². The third-order valence-electron chi connectivity index (χ3n) is 2.73. The summed E-state index contributed by atoms with van der Waals surface area (Å²) in [5.41, 5.74) is 2.53. The molecule has 0 saturated carbocycles. The summed E-state index contributed by atoms with van der Waals surface area (Å²) < 4.78 is 14.9. The van der Waals surface area contributed by atoms with Gasteiger partial charge in [0.05, 0.1) is 11.4 Å². The molecule has 0 fully saturated rings. The van der Waals surface area contributed by atoms with Crippen LogP contribution in [0.25, 0.3) is 16.9 Å². The summed E-state index contributed by atoms with van der Waals surface area (Å²) in [6.07, 6.45) is 1.87. The molecule has 0 radical (unpaired) electrons. The molecule has 0 spiro atoms. The summed E-state index contributed by atoms with van der Waals surface area (Å²) in [5.74, 6) is -0.248. The average molecular weight is 238 g/mol. The molecule has 0 aliphatic heterocycles. The molecule has 2 nitrogen and oxygen atoms in total. The lowest BCUT2D eigenvalue weighted by atomic mass is 10.1. The maximum atomic E-state index is 13.1. The van der Waals surface area contributed by atoms with Crippen LogP contribution in [-0.4, -0.2) is 9.78 Å². The second kappa shape index (κ2) is 4.45. The van der Waals surface area contributed by atoms with Gasteiger partial charge in [-0.05, 0) is 30.3 Å². The number of nitrogens with zero attached hydrogens (tertiary/aromatic N) is 2. The van der Waals surface area contributed by atoms with Crippen molar-refractivity contribution in [1.29, 1.82) is 0 Å². The molecule has 88 valence electrons. The third-order valence-corrected chi connectivity index (χ3v) is 2.73. The van der Waals surface area contributed by atoms with Crippen molar-refractivity contribution >= 4 is 0 Å². The summed E-state index contributed by atoms with van der Waals surface area (Å²) in [7, 11) is 0. The molecule has 0 aliphatic carbocycles. The molecule has 1 heterocycles. The predicted octanol–water partition coefficient (Wildman–Crippen LogP) is 3.68. The van der Waals surface area contributed by atoms with Gasteiger partial charge in [0, 0.05) is 11.8 Å². The van der Waals surface area contributed by atoms with Crippen LogP contribution >= 0.6 is 0 Å². The van der Waals surface area contributed by atoms with Crippen LogP contribution in [0.1, 0.15) is 0 Å². The van der Waals surface area contributed by atoms with Crippen LogP contribution < -0.4 is 0 Å². The highest BCUT2D eigenvalue weighted by atomic mass is 19.1. The van der Waals surface area contributed by atoms with Gasteiger partial charge in [0.2, 0.25) is 0 Å². The summed E-state index contributed by atoms with van der Waals surface area (Å²) in [5, 5.41) is 4.44. The highest BCUT2D eigenvalue weighted by molar-refractivity contribution is 5.58. The fourth-order valence-corrected chi connectivity index (χ4v) is 1.85. The lowest BCUT2D eigenvalue weighted by Gasteiger charge is -2.00. The molecule has 0 N–H and O–H groups in total. The van der Waals surface area contributed by atoms with Gasteiger partial charge < -0.3 is 0 Å². The lowest BCUT2D eigenvalue weighted by Crippen LogP contribution is -1.94. The number of benzene rings is 2. The van der Waals surface area contributed by atoms with Gasteiger partial charge in [-0.15, -0.1) is 0 Å². The Labute approximate surface area is 104 Å². The van der Waals surface area contributed by atoms with Crippen molar-refractivity contribution in [3.63, 3.8) is 0 Å². The molecule has 3 rings (SSSR count). The zero-order valence-electron chi connectivity index (χ0n) is 9.62. The van der Waals surface area contributed by atoms with E-state index in [2.05, 4.69) is 5.10 Å². The first-order valence-electron chi connectivity index (χ1n) is 5.70. The van der Waals surface area contributed by atoms with Crippen molar-refractivity contribution in [2.24, 2.45) is 0 Å². The first-order chi connectivity index (χ1) is 8.83. The molecule has 0 aliphatic rings.